The number of thiophene rings is 2. The fourth-order valence-corrected chi connectivity index (χ4v) is 6.86. The number of carbonyl (C=O) groups excluding carboxylic acids is 6. The molecule has 4 aliphatic heterocycles. The van der Waals surface area contributed by atoms with Gasteiger partial charge in [0.2, 0.25) is 11.8 Å². The van der Waals surface area contributed by atoms with Gasteiger partial charge >= 0.3 is 59.1 Å². The van der Waals surface area contributed by atoms with Crippen molar-refractivity contribution in [2.45, 2.75) is 49.9 Å². The first-order chi connectivity index (χ1) is 20.1. The first-order valence-corrected chi connectivity index (χ1v) is 14.9. The number of rotatable bonds is 8. The van der Waals surface area contributed by atoms with Crippen molar-refractivity contribution in [2.75, 3.05) is 13.1 Å². The number of nitrogens with one attached hydrogen (secondary N) is 2. The molecule has 4 unspecified atom stereocenters. The molecular weight excluding hydrogens is 630 g/mol. The first kappa shape index (κ1) is 36.2. The summed E-state index contributed by atoms with van der Waals surface area (Å²) in [6, 6.07) is 6.61. The molecule has 6 rings (SSSR count). The van der Waals surface area contributed by atoms with E-state index in [4.69, 9.17) is 0 Å². The molecule has 4 aliphatic rings. The van der Waals surface area contributed by atoms with Gasteiger partial charge in [-0.2, -0.15) is 0 Å². The molecule has 44 heavy (non-hydrogen) atoms. The monoisotopic (exact) mass is 656 g/mol. The van der Waals surface area contributed by atoms with E-state index in [9.17, 15) is 39.0 Å². The Morgan fingerprint density at radius 3 is 1.43 bits per heavy atom. The van der Waals surface area contributed by atoms with Gasteiger partial charge in [0.15, 0.2) is 11.6 Å². The third kappa shape index (κ3) is 8.49. The molecule has 12 nitrogen and oxygen atoms in total. The molecule has 2 N–H and O–H groups in total. The second-order valence-electron chi connectivity index (χ2n) is 10.3. The Morgan fingerprint density at radius 2 is 1.11 bits per heavy atom. The zero-order valence-electron chi connectivity index (χ0n) is 24.1. The van der Waals surface area contributed by atoms with Crippen LogP contribution < -0.4 is 80.0 Å². The second-order valence-corrected chi connectivity index (χ2v) is 12.3. The molecule has 0 saturated carbocycles. The summed E-state index contributed by atoms with van der Waals surface area (Å²) in [5, 5.41) is 31.5. The fraction of sp³-hybridized carbons (Fsp3) is 0.357. The molecule has 4 atom stereocenters. The molecule has 2 saturated heterocycles. The predicted molar refractivity (Wildman–Crippen MR) is 146 cm³/mol. The van der Waals surface area contributed by atoms with Crippen molar-refractivity contribution >= 4 is 58.0 Å². The fourth-order valence-electron chi connectivity index (χ4n) is 5.45. The number of allylic oxidation sites excluding steroid dienone is 2. The molecule has 220 valence electrons. The van der Waals surface area contributed by atoms with E-state index in [2.05, 4.69) is 10.6 Å². The number of carbonyl (C=O) groups is 6. The van der Waals surface area contributed by atoms with Gasteiger partial charge in [0.1, 0.15) is 0 Å². The largest absolute Gasteiger partial charge is 1.00 e. The van der Waals surface area contributed by atoms with Crippen molar-refractivity contribution in [3.63, 3.8) is 0 Å². The van der Waals surface area contributed by atoms with Gasteiger partial charge in [-0.25, -0.2) is 0 Å². The zero-order valence-corrected chi connectivity index (χ0v) is 29.8. The van der Waals surface area contributed by atoms with Gasteiger partial charge in [-0.1, -0.05) is 12.1 Å². The van der Waals surface area contributed by atoms with Gasteiger partial charge in [0.25, 0.3) is 0 Å². The minimum Gasteiger partial charge on any atom is -0.543 e. The molecule has 0 radical (unpaired) electrons. The van der Waals surface area contributed by atoms with Crippen molar-refractivity contribution < 1.29 is 98.1 Å². The van der Waals surface area contributed by atoms with Crippen molar-refractivity contribution in [1.82, 2.24) is 20.4 Å². The van der Waals surface area contributed by atoms with Gasteiger partial charge in [-0.05, 0) is 22.9 Å². The first-order valence-electron chi connectivity index (χ1n) is 13.2. The number of amides is 2. The molecule has 0 bridgehead atoms. The van der Waals surface area contributed by atoms with Gasteiger partial charge < -0.3 is 40.2 Å². The maximum atomic E-state index is 11.9. The van der Waals surface area contributed by atoms with Crippen LogP contribution in [0.2, 0.25) is 0 Å². The summed E-state index contributed by atoms with van der Waals surface area (Å²) in [5.74, 6) is -3.41. The summed E-state index contributed by atoms with van der Waals surface area (Å²) >= 11 is 3.02. The third-order valence-electron chi connectivity index (χ3n) is 7.49. The van der Waals surface area contributed by atoms with Crippen LogP contribution in [-0.4, -0.2) is 82.4 Å². The quantitative estimate of drug-likeness (QED) is 0.259. The van der Waals surface area contributed by atoms with Crippen LogP contribution in [0.3, 0.4) is 0 Å². The van der Waals surface area contributed by atoms with Crippen LogP contribution in [0.15, 0.2) is 58.6 Å². The van der Waals surface area contributed by atoms with Crippen LogP contribution in [-0.2, 0) is 41.6 Å². The minimum atomic E-state index is -1.35. The van der Waals surface area contributed by atoms with Crippen molar-refractivity contribution in [1.29, 1.82) is 0 Å². The summed E-state index contributed by atoms with van der Waals surface area (Å²) in [6.07, 6.45) is 3.27. The van der Waals surface area contributed by atoms with Crippen LogP contribution in [0.4, 0.5) is 0 Å². The Bertz CT molecular complexity index is 1370. The van der Waals surface area contributed by atoms with E-state index in [1.165, 1.54) is 22.7 Å². The number of carboxylic acids is 2. The summed E-state index contributed by atoms with van der Waals surface area (Å²) in [7, 11) is 0. The van der Waals surface area contributed by atoms with Gasteiger partial charge in [-0.3, -0.25) is 19.2 Å². The molecule has 2 aromatic rings. The van der Waals surface area contributed by atoms with Crippen LogP contribution in [0.5, 0.6) is 0 Å². The molecule has 0 aromatic carbocycles. The number of nitrogens with zero attached hydrogens (tertiary/aromatic N) is 2. The normalized spacial score (nSPS) is 22.8. The number of carboxylic acid groups (broad SMARTS) is 2. The molecule has 2 fully saturated rings. The van der Waals surface area contributed by atoms with E-state index in [0.29, 0.717) is 25.9 Å². The molecule has 0 spiro atoms. The summed E-state index contributed by atoms with van der Waals surface area (Å²) in [5.41, 5.74) is -0.167. The Kier molecular flexibility index (Phi) is 13.0. The Hall–Kier alpha value is -2.30. The molecular formula is C28H26N4Na2O8S2. The Balaban J connectivity index is 0.000000230. The second kappa shape index (κ2) is 15.8. The van der Waals surface area contributed by atoms with Crippen LogP contribution >= 0.6 is 22.7 Å². The number of aliphatic carboxylic acids is 2. The average Bonchev–Trinajstić information content (AvgIpc) is 3.62. The topological polar surface area (TPSA) is 179 Å². The van der Waals surface area contributed by atoms with Crippen LogP contribution in [0.25, 0.3) is 0 Å². The standard InChI is InChI=1S/2C14H14N2O4S.2Na/c2*17-8-4-11-10(7-16(11)12(5-8)14(19)20)15-13(18)6-9-2-1-3-21-9;;/h2*1-3,5,10-11H,4,6-7H2,(H,15,18)(H,19,20);;/q;;2*+1/p-2. The van der Waals surface area contributed by atoms with E-state index < -0.39 is 11.9 Å². The maximum Gasteiger partial charge on any atom is 1.00 e. The molecule has 2 amide bonds. The Labute approximate surface area is 305 Å². The smallest absolute Gasteiger partial charge is 0.543 e. The van der Waals surface area contributed by atoms with Crippen LogP contribution in [0.1, 0.15) is 22.6 Å². The van der Waals surface area contributed by atoms with Crippen LogP contribution in [0, 0.1) is 0 Å². The van der Waals surface area contributed by atoms with Gasteiger partial charge in [0, 0.05) is 47.8 Å². The third-order valence-corrected chi connectivity index (χ3v) is 9.24. The van der Waals surface area contributed by atoms with E-state index >= 15 is 0 Å². The molecule has 0 aliphatic carbocycles. The van der Waals surface area contributed by atoms with E-state index in [1.54, 1.807) is 9.80 Å². The number of ketones is 2. The van der Waals surface area contributed by atoms with E-state index in [-0.39, 0.29) is 131 Å². The van der Waals surface area contributed by atoms with E-state index in [1.807, 2.05) is 35.0 Å². The number of hydrogen-bond acceptors (Lipinski definition) is 12. The molecule has 2 aromatic heterocycles. The van der Waals surface area contributed by atoms with Crippen molar-refractivity contribution in [2.24, 2.45) is 0 Å². The number of fused-ring (bicyclic) bond motifs is 2. The SMILES string of the molecule is O=C1C=C(C(=O)[O-])N2CC(NC(=O)Cc3cccs3)C2C1.O=C1C=C(C(=O)[O-])N2CC(NC(=O)Cc3cccs3)C2C1.[Na+].[Na+]. The minimum absolute atomic E-state index is 0. The van der Waals surface area contributed by atoms with Gasteiger partial charge in [-0.15, -0.1) is 22.7 Å². The molecule has 16 heteroatoms. The molecule has 6 heterocycles. The number of hydrogen-bond donors (Lipinski definition) is 2. The summed E-state index contributed by atoms with van der Waals surface area (Å²) in [4.78, 5) is 74.1. The van der Waals surface area contributed by atoms with Crippen molar-refractivity contribution in [3.8, 4) is 0 Å². The predicted octanol–water partition coefficient (Wildman–Crippen LogP) is -7.86. The maximum absolute atomic E-state index is 11.9. The van der Waals surface area contributed by atoms with Gasteiger partial charge in [0.05, 0.1) is 60.3 Å². The van der Waals surface area contributed by atoms with E-state index in [0.717, 1.165) is 21.9 Å². The van der Waals surface area contributed by atoms with Crippen molar-refractivity contribution in [3.05, 3.63) is 68.3 Å². The zero-order chi connectivity index (χ0) is 30.0. The Morgan fingerprint density at radius 1 is 0.727 bits per heavy atom. The summed E-state index contributed by atoms with van der Waals surface area (Å²) < 4.78 is 0. The summed E-state index contributed by atoms with van der Waals surface area (Å²) in [6.45, 7) is 0.794. The average molecular weight is 657 g/mol.